The standard InChI is InChI=1S/C11H16O4/c1-6-7-9(12)14-11(4,5)15-10(13)8(2)3/h6-7H,2H2,1,3-5H3/b7-6+. The molecule has 0 aromatic rings. The predicted octanol–water partition coefficient (Wildman–Crippen LogP) is 1.96. The zero-order valence-electron chi connectivity index (χ0n) is 9.49. The van der Waals surface area contributed by atoms with E-state index in [4.69, 9.17) is 9.47 Å². The van der Waals surface area contributed by atoms with Gasteiger partial charge in [0, 0.05) is 25.5 Å². The average Bonchev–Trinajstić information content (AvgIpc) is 2.01. The van der Waals surface area contributed by atoms with Crippen molar-refractivity contribution in [1.29, 1.82) is 0 Å². The van der Waals surface area contributed by atoms with Crippen LogP contribution in [0.2, 0.25) is 0 Å². The molecular formula is C11H16O4. The van der Waals surface area contributed by atoms with Crippen LogP contribution in [0, 0.1) is 0 Å². The summed E-state index contributed by atoms with van der Waals surface area (Å²) in [7, 11) is 0. The summed E-state index contributed by atoms with van der Waals surface area (Å²) >= 11 is 0. The molecule has 0 heterocycles. The molecule has 15 heavy (non-hydrogen) atoms. The molecule has 0 spiro atoms. The minimum atomic E-state index is -1.29. The molecular weight excluding hydrogens is 196 g/mol. The van der Waals surface area contributed by atoms with Crippen LogP contribution in [-0.4, -0.2) is 17.7 Å². The number of hydrogen-bond donors (Lipinski definition) is 0. The summed E-state index contributed by atoms with van der Waals surface area (Å²) in [6, 6.07) is 0. The summed E-state index contributed by atoms with van der Waals surface area (Å²) in [6.45, 7) is 9.60. The van der Waals surface area contributed by atoms with Crippen molar-refractivity contribution in [3.8, 4) is 0 Å². The zero-order valence-corrected chi connectivity index (χ0v) is 9.49. The summed E-state index contributed by atoms with van der Waals surface area (Å²) in [5.74, 6) is -2.43. The van der Waals surface area contributed by atoms with E-state index in [0.717, 1.165) is 0 Å². The van der Waals surface area contributed by atoms with Crippen molar-refractivity contribution in [2.75, 3.05) is 0 Å². The number of carbonyl (C=O) groups is 2. The Bertz CT molecular complexity index is 300. The molecule has 0 aliphatic rings. The van der Waals surface area contributed by atoms with E-state index in [-0.39, 0.29) is 5.57 Å². The minimum absolute atomic E-state index is 0.255. The maximum Gasteiger partial charge on any atom is 0.336 e. The lowest BCUT2D eigenvalue weighted by atomic mass is 10.3. The monoisotopic (exact) mass is 212 g/mol. The Morgan fingerprint density at radius 3 is 2.20 bits per heavy atom. The fraction of sp³-hybridized carbons (Fsp3) is 0.455. The van der Waals surface area contributed by atoms with Crippen LogP contribution in [0.25, 0.3) is 0 Å². The summed E-state index contributed by atoms with van der Waals surface area (Å²) in [5.41, 5.74) is 0.255. The highest BCUT2D eigenvalue weighted by atomic mass is 16.7. The van der Waals surface area contributed by atoms with Crippen LogP contribution in [0.1, 0.15) is 27.7 Å². The number of carbonyl (C=O) groups excluding carboxylic acids is 2. The summed E-state index contributed by atoms with van der Waals surface area (Å²) < 4.78 is 9.79. The fourth-order valence-corrected chi connectivity index (χ4v) is 0.744. The van der Waals surface area contributed by atoms with E-state index >= 15 is 0 Å². The SMILES string of the molecule is C=C(C)C(=O)OC(C)(C)OC(=O)/C=C/C. The van der Waals surface area contributed by atoms with Crippen molar-refractivity contribution in [3.05, 3.63) is 24.3 Å². The molecule has 0 N–H and O–H groups in total. The molecule has 0 amide bonds. The van der Waals surface area contributed by atoms with Gasteiger partial charge in [-0.05, 0) is 13.8 Å². The summed E-state index contributed by atoms with van der Waals surface area (Å²) in [5, 5.41) is 0. The van der Waals surface area contributed by atoms with Crippen LogP contribution >= 0.6 is 0 Å². The van der Waals surface area contributed by atoms with Gasteiger partial charge in [0.05, 0.1) is 0 Å². The Hall–Kier alpha value is -1.58. The van der Waals surface area contributed by atoms with Crippen LogP contribution in [0.3, 0.4) is 0 Å². The van der Waals surface area contributed by atoms with Gasteiger partial charge in [0.2, 0.25) is 0 Å². The first-order chi connectivity index (χ1) is 6.78. The Kier molecular flexibility index (Phi) is 4.78. The Morgan fingerprint density at radius 1 is 1.27 bits per heavy atom. The van der Waals surface area contributed by atoms with Gasteiger partial charge < -0.3 is 9.47 Å². The van der Waals surface area contributed by atoms with E-state index in [0.29, 0.717) is 0 Å². The largest absolute Gasteiger partial charge is 0.420 e. The van der Waals surface area contributed by atoms with Gasteiger partial charge in [0.25, 0.3) is 5.79 Å². The van der Waals surface area contributed by atoms with E-state index in [1.165, 1.54) is 26.8 Å². The molecule has 0 fully saturated rings. The number of esters is 2. The molecule has 0 rings (SSSR count). The molecule has 84 valence electrons. The molecule has 0 bridgehead atoms. The number of rotatable bonds is 4. The van der Waals surface area contributed by atoms with Crippen LogP contribution < -0.4 is 0 Å². The molecule has 0 saturated carbocycles. The van der Waals surface area contributed by atoms with Crippen LogP contribution in [-0.2, 0) is 19.1 Å². The normalized spacial score (nSPS) is 11.2. The molecule has 4 heteroatoms. The topological polar surface area (TPSA) is 52.6 Å². The van der Waals surface area contributed by atoms with Gasteiger partial charge in [0.1, 0.15) is 0 Å². The highest BCUT2D eigenvalue weighted by Crippen LogP contribution is 2.13. The van der Waals surface area contributed by atoms with Crippen molar-refractivity contribution in [2.24, 2.45) is 0 Å². The highest BCUT2D eigenvalue weighted by Gasteiger charge is 2.26. The molecule has 0 atom stereocenters. The maximum atomic E-state index is 11.2. The summed E-state index contributed by atoms with van der Waals surface area (Å²) in [6.07, 6.45) is 2.79. The predicted molar refractivity (Wildman–Crippen MR) is 55.9 cm³/mol. The fourth-order valence-electron chi connectivity index (χ4n) is 0.744. The van der Waals surface area contributed by atoms with Crippen molar-refractivity contribution in [2.45, 2.75) is 33.5 Å². The second-order valence-corrected chi connectivity index (χ2v) is 3.49. The number of ether oxygens (including phenoxy) is 2. The molecule has 4 nitrogen and oxygen atoms in total. The zero-order chi connectivity index (χ0) is 12.1. The van der Waals surface area contributed by atoms with E-state index < -0.39 is 17.7 Å². The minimum Gasteiger partial charge on any atom is -0.420 e. The van der Waals surface area contributed by atoms with Gasteiger partial charge in [-0.25, -0.2) is 9.59 Å². The van der Waals surface area contributed by atoms with Crippen molar-refractivity contribution >= 4 is 11.9 Å². The van der Waals surface area contributed by atoms with Gasteiger partial charge in [0.15, 0.2) is 0 Å². The summed E-state index contributed by atoms with van der Waals surface area (Å²) in [4.78, 5) is 22.3. The van der Waals surface area contributed by atoms with Crippen molar-refractivity contribution in [3.63, 3.8) is 0 Å². The van der Waals surface area contributed by atoms with Crippen LogP contribution in [0.5, 0.6) is 0 Å². The second-order valence-electron chi connectivity index (χ2n) is 3.49. The highest BCUT2D eigenvalue weighted by molar-refractivity contribution is 5.87. The Balaban J connectivity index is 4.36. The third-order valence-electron chi connectivity index (χ3n) is 1.34. The molecule has 0 saturated heterocycles. The maximum absolute atomic E-state index is 11.2. The third-order valence-corrected chi connectivity index (χ3v) is 1.34. The van der Waals surface area contributed by atoms with Crippen LogP contribution in [0.4, 0.5) is 0 Å². The molecule has 0 aliphatic carbocycles. The third kappa shape index (κ3) is 5.67. The first-order valence-corrected chi connectivity index (χ1v) is 4.53. The second kappa shape index (κ2) is 5.34. The van der Waals surface area contributed by atoms with Crippen molar-refractivity contribution < 1.29 is 19.1 Å². The lowest BCUT2D eigenvalue weighted by molar-refractivity contribution is -0.209. The Labute approximate surface area is 89.6 Å². The Morgan fingerprint density at radius 2 is 1.80 bits per heavy atom. The molecule has 0 aromatic carbocycles. The van der Waals surface area contributed by atoms with E-state index in [1.54, 1.807) is 13.0 Å². The lowest BCUT2D eigenvalue weighted by Crippen LogP contribution is -2.33. The van der Waals surface area contributed by atoms with E-state index in [9.17, 15) is 9.59 Å². The van der Waals surface area contributed by atoms with Gasteiger partial charge in [-0.1, -0.05) is 12.7 Å². The van der Waals surface area contributed by atoms with E-state index in [2.05, 4.69) is 6.58 Å². The van der Waals surface area contributed by atoms with E-state index in [1.807, 2.05) is 0 Å². The van der Waals surface area contributed by atoms with Gasteiger partial charge >= 0.3 is 11.9 Å². The van der Waals surface area contributed by atoms with Crippen LogP contribution in [0.15, 0.2) is 24.3 Å². The number of hydrogen-bond acceptors (Lipinski definition) is 4. The molecule has 0 unspecified atom stereocenters. The molecule has 0 aliphatic heterocycles. The smallest absolute Gasteiger partial charge is 0.336 e. The molecule has 0 aromatic heterocycles. The first-order valence-electron chi connectivity index (χ1n) is 4.53. The van der Waals surface area contributed by atoms with Gasteiger partial charge in [-0.2, -0.15) is 0 Å². The van der Waals surface area contributed by atoms with Gasteiger partial charge in [-0.15, -0.1) is 0 Å². The van der Waals surface area contributed by atoms with Gasteiger partial charge in [-0.3, -0.25) is 0 Å². The first kappa shape index (κ1) is 13.4. The van der Waals surface area contributed by atoms with Crippen molar-refractivity contribution in [1.82, 2.24) is 0 Å². The quantitative estimate of drug-likeness (QED) is 0.406. The molecule has 0 radical (unpaired) electrons. The number of allylic oxidation sites excluding steroid dienone is 1. The lowest BCUT2D eigenvalue weighted by Gasteiger charge is -2.24. The average molecular weight is 212 g/mol.